The Bertz CT molecular complexity index is 315. The molecule has 3 N–H and O–H groups in total. The van der Waals surface area contributed by atoms with Crippen LogP contribution in [-0.2, 0) is 4.74 Å². The van der Waals surface area contributed by atoms with Crippen molar-refractivity contribution in [2.24, 2.45) is 10.9 Å². The maximum absolute atomic E-state index is 12.1. The Balaban J connectivity index is 1.94. The third-order valence-electron chi connectivity index (χ3n) is 3.16. The average Bonchev–Trinajstić information content (AvgIpc) is 2.91. The second-order valence-corrected chi connectivity index (χ2v) is 4.31. The molecule has 0 radical (unpaired) electrons. The number of urea groups is 1. The number of morpholine rings is 1. The van der Waals surface area contributed by atoms with Crippen molar-refractivity contribution < 1.29 is 14.7 Å². The molecule has 2 fully saturated rings. The van der Waals surface area contributed by atoms with E-state index in [2.05, 4.69) is 5.16 Å². The number of oxime groups is 1. The number of rotatable bonds is 1. The van der Waals surface area contributed by atoms with E-state index in [0.717, 1.165) is 25.9 Å². The standard InChI is InChI=1S/C10H18N4O3/c11-9(12-16)8-7-14(5-6-17-8)10(15)13-3-1-2-4-13/h8,16H,1-7H2,(H2,11,12). The molecule has 0 aromatic heterocycles. The van der Waals surface area contributed by atoms with Crippen LogP contribution in [0.15, 0.2) is 5.16 Å². The first-order valence-electron chi connectivity index (χ1n) is 5.85. The van der Waals surface area contributed by atoms with Crippen molar-refractivity contribution in [1.82, 2.24) is 9.80 Å². The lowest BCUT2D eigenvalue weighted by Gasteiger charge is -2.34. The summed E-state index contributed by atoms with van der Waals surface area (Å²) < 4.78 is 5.35. The molecule has 17 heavy (non-hydrogen) atoms. The first-order chi connectivity index (χ1) is 8.22. The minimum absolute atomic E-state index is 0.0175. The summed E-state index contributed by atoms with van der Waals surface area (Å²) in [6.45, 7) is 2.98. The Kier molecular flexibility index (Phi) is 3.68. The highest BCUT2D eigenvalue weighted by molar-refractivity contribution is 5.85. The second-order valence-electron chi connectivity index (χ2n) is 4.31. The van der Waals surface area contributed by atoms with Gasteiger partial charge < -0.3 is 25.5 Å². The first-order valence-corrected chi connectivity index (χ1v) is 5.85. The van der Waals surface area contributed by atoms with Gasteiger partial charge in [-0.05, 0) is 12.8 Å². The topological polar surface area (TPSA) is 91.4 Å². The van der Waals surface area contributed by atoms with Crippen LogP contribution in [0.3, 0.4) is 0 Å². The molecule has 7 nitrogen and oxygen atoms in total. The van der Waals surface area contributed by atoms with E-state index in [4.69, 9.17) is 15.7 Å². The van der Waals surface area contributed by atoms with Crippen LogP contribution in [0.1, 0.15) is 12.8 Å². The van der Waals surface area contributed by atoms with Crippen LogP contribution in [0.4, 0.5) is 4.79 Å². The molecule has 1 unspecified atom stereocenters. The summed E-state index contributed by atoms with van der Waals surface area (Å²) in [7, 11) is 0. The van der Waals surface area contributed by atoms with Crippen LogP contribution < -0.4 is 5.73 Å². The monoisotopic (exact) mass is 242 g/mol. The van der Waals surface area contributed by atoms with Crippen LogP contribution >= 0.6 is 0 Å². The lowest BCUT2D eigenvalue weighted by Crippen LogP contribution is -2.53. The van der Waals surface area contributed by atoms with E-state index in [-0.39, 0.29) is 11.9 Å². The van der Waals surface area contributed by atoms with Gasteiger partial charge in [-0.2, -0.15) is 0 Å². The number of likely N-dealkylation sites (tertiary alicyclic amines) is 1. The Morgan fingerprint density at radius 1 is 1.29 bits per heavy atom. The zero-order valence-corrected chi connectivity index (χ0v) is 9.71. The van der Waals surface area contributed by atoms with E-state index >= 15 is 0 Å². The number of hydrogen-bond acceptors (Lipinski definition) is 4. The Labute approximate surface area is 99.8 Å². The number of hydrogen-bond donors (Lipinski definition) is 2. The molecule has 0 aromatic carbocycles. The van der Waals surface area contributed by atoms with E-state index in [1.165, 1.54) is 0 Å². The molecule has 2 heterocycles. The minimum Gasteiger partial charge on any atom is -0.409 e. The highest BCUT2D eigenvalue weighted by atomic mass is 16.5. The molecule has 0 spiro atoms. The smallest absolute Gasteiger partial charge is 0.320 e. The van der Waals surface area contributed by atoms with Gasteiger partial charge in [-0.25, -0.2) is 4.79 Å². The van der Waals surface area contributed by atoms with Crippen LogP contribution in [-0.4, -0.2) is 65.8 Å². The number of carbonyl (C=O) groups excluding carboxylic acids is 1. The normalized spacial score (nSPS) is 26.4. The van der Waals surface area contributed by atoms with Crippen LogP contribution in [0.5, 0.6) is 0 Å². The molecule has 2 saturated heterocycles. The Morgan fingerprint density at radius 2 is 2.00 bits per heavy atom. The molecule has 0 aromatic rings. The summed E-state index contributed by atoms with van der Waals surface area (Å²) in [6.07, 6.45) is 1.64. The largest absolute Gasteiger partial charge is 0.409 e. The summed E-state index contributed by atoms with van der Waals surface area (Å²) in [5.41, 5.74) is 5.49. The van der Waals surface area contributed by atoms with Crippen molar-refractivity contribution in [3.8, 4) is 0 Å². The van der Waals surface area contributed by atoms with Gasteiger partial charge in [0.2, 0.25) is 0 Å². The van der Waals surface area contributed by atoms with E-state index in [9.17, 15) is 4.79 Å². The fourth-order valence-corrected chi connectivity index (χ4v) is 2.17. The van der Waals surface area contributed by atoms with Crippen molar-refractivity contribution in [1.29, 1.82) is 0 Å². The van der Waals surface area contributed by atoms with Gasteiger partial charge in [0, 0.05) is 19.6 Å². The first kappa shape index (κ1) is 12.0. The summed E-state index contributed by atoms with van der Waals surface area (Å²) in [5.74, 6) is 0.0175. The van der Waals surface area contributed by atoms with Gasteiger partial charge in [-0.3, -0.25) is 0 Å². The van der Waals surface area contributed by atoms with Crippen molar-refractivity contribution in [3.05, 3.63) is 0 Å². The molecule has 1 atom stereocenters. The van der Waals surface area contributed by atoms with Crippen molar-refractivity contribution in [2.45, 2.75) is 18.9 Å². The molecule has 2 aliphatic heterocycles. The number of nitrogens with zero attached hydrogens (tertiary/aromatic N) is 3. The average molecular weight is 242 g/mol. The Morgan fingerprint density at radius 3 is 2.65 bits per heavy atom. The molecule has 2 amide bonds. The van der Waals surface area contributed by atoms with Crippen LogP contribution in [0.2, 0.25) is 0 Å². The van der Waals surface area contributed by atoms with Crippen molar-refractivity contribution in [3.63, 3.8) is 0 Å². The fraction of sp³-hybridized carbons (Fsp3) is 0.800. The molecular formula is C10H18N4O3. The molecule has 0 aliphatic carbocycles. The van der Waals surface area contributed by atoms with E-state index in [1.807, 2.05) is 4.90 Å². The molecule has 7 heteroatoms. The van der Waals surface area contributed by atoms with Gasteiger partial charge in [-0.1, -0.05) is 5.16 Å². The zero-order valence-electron chi connectivity index (χ0n) is 9.71. The van der Waals surface area contributed by atoms with Gasteiger partial charge >= 0.3 is 6.03 Å². The van der Waals surface area contributed by atoms with E-state index in [0.29, 0.717) is 19.7 Å². The number of carbonyl (C=O) groups is 1. The molecular weight excluding hydrogens is 224 g/mol. The lowest BCUT2D eigenvalue weighted by molar-refractivity contribution is 0.0140. The molecule has 96 valence electrons. The summed E-state index contributed by atoms with van der Waals surface area (Å²) >= 11 is 0. The van der Waals surface area contributed by atoms with E-state index in [1.54, 1.807) is 4.90 Å². The number of amides is 2. The quantitative estimate of drug-likeness (QED) is 0.284. The highest BCUT2D eigenvalue weighted by Gasteiger charge is 2.30. The van der Waals surface area contributed by atoms with Crippen molar-refractivity contribution in [2.75, 3.05) is 32.8 Å². The van der Waals surface area contributed by atoms with Crippen molar-refractivity contribution >= 4 is 11.9 Å². The van der Waals surface area contributed by atoms with Crippen LogP contribution in [0, 0.1) is 0 Å². The minimum atomic E-state index is -0.500. The lowest BCUT2D eigenvalue weighted by atomic mass is 10.2. The van der Waals surface area contributed by atoms with Gasteiger partial charge in [0.1, 0.15) is 6.10 Å². The zero-order chi connectivity index (χ0) is 12.3. The molecule has 2 aliphatic rings. The van der Waals surface area contributed by atoms with Gasteiger partial charge in [-0.15, -0.1) is 0 Å². The number of nitrogens with two attached hydrogens (primary N) is 1. The Hall–Kier alpha value is -1.50. The summed E-state index contributed by atoms with van der Waals surface area (Å²) in [5, 5.41) is 11.5. The maximum atomic E-state index is 12.1. The van der Waals surface area contributed by atoms with Gasteiger partial charge in [0.15, 0.2) is 5.84 Å². The number of ether oxygens (including phenoxy) is 1. The maximum Gasteiger partial charge on any atom is 0.320 e. The predicted molar refractivity (Wildman–Crippen MR) is 60.9 cm³/mol. The predicted octanol–water partition coefficient (Wildman–Crippen LogP) is -0.351. The third-order valence-corrected chi connectivity index (χ3v) is 3.16. The van der Waals surface area contributed by atoms with Crippen LogP contribution in [0.25, 0.3) is 0 Å². The number of amidine groups is 1. The highest BCUT2D eigenvalue weighted by Crippen LogP contribution is 2.13. The second kappa shape index (κ2) is 5.22. The van der Waals surface area contributed by atoms with E-state index < -0.39 is 6.10 Å². The van der Waals surface area contributed by atoms with Gasteiger partial charge in [0.25, 0.3) is 0 Å². The fourth-order valence-electron chi connectivity index (χ4n) is 2.17. The summed E-state index contributed by atoms with van der Waals surface area (Å²) in [4.78, 5) is 15.7. The molecule has 0 bridgehead atoms. The third kappa shape index (κ3) is 2.60. The molecule has 2 rings (SSSR count). The SMILES string of the molecule is N/C(=N\O)C1CN(C(=O)N2CCCC2)CCO1. The summed E-state index contributed by atoms with van der Waals surface area (Å²) in [6, 6.07) is 0.0292. The molecule has 0 saturated carbocycles. The van der Waals surface area contributed by atoms with Gasteiger partial charge in [0.05, 0.1) is 13.2 Å².